The van der Waals surface area contributed by atoms with Crippen molar-refractivity contribution in [2.24, 2.45) is 11.8 Å². The summed E-state index contributed by atoms with van der Waals surface area (Å²) in [6, 6.07) is 0. The van der Waals surface area contributed by atoms with Crippen molar-refractivity contribution in [3.63, 3.8) is 0 Å². The Labute approximate surface area is 192 Å². The quantitative estimate of drug-likeness (QED) is 0.279. The molecule has 2 heterocycles. The Kier molecular flexibility index (Phi) is 9.06. The van der Waals surface area contributed by atoms with Gasteiger partial charge in [-0.05, 0) is 64.5 Å². The minimum absolute atomic E-state index is 0.0704. The van der Waals surface area contributed by atoms with Crippen molar-refractivity contribution in [2.75, 3.05) is 13.2 Å². The van der Waals surface area contributed by atoms with Gasteiger partial charge in [0.2, 0.25) is 0 Å². The third-order valence-corrected chi connectivity index (χ3v) is 7.23. The summed E-state index contributed by atoms with van der Waals surface area (Å²) in [6.45, 7) is 13.3. The highest BCUT2D eigenvalue weighted by molar-refractivity contribution is 5.84. The minimum atomic E-state index is -0.642. The first-order valence-electron chi connectivity index (χ1n) is 11.7. The van der Waals surface area contributed by atoms with Gasteiger partial charge in [-0.1, -0.05) is 13.8 Å². The van der Waals surface area contributed by atoms with Crippen LogP contribution in [0, 0.1) is 11.8 Å². The van der Waals surface area contributed by atoms with E-state index in [1.165, 1.54) is 13.8 Å². The second kappa shape index (κ2) is 10.9. The molecule has 2 saturated heterocycles. The van der Waals surface area contributed by atoms with E-state index in [-0.39, 0.29) is 54.0 Å². The lowest BCUT2D eigenvalue weighted by Crippen LogP contribution is -2.44. The Morgan fingerprint density at radius 3 is 2.41 bits per heavy atom. The number of carbonyl (C=O) groups is 3. The average molecular weight is 453 g/mol. The molecule has 2 rings (SSSR count). The molecule has 0 radical (unpaired) electrons. The van der Waals surface area contributed by atoms with Gasteiger partial charge in [-0.3, -0.25) is 14.4 Å². The fraction of sp³-hybridized carbons (Fsp3) is 0.800. The zero-order valence-electron chi connectivity index (χ0n) is 20.7. The number of carbonyl (C=O) groups excluding carboxylic acids is 3. The highest BCUT2D eigenvalue weighted by Crippen LogP contribution is 2.44. The zero-order valence-corrected chi connectivity index (χ0v) is 20.7. The van der Waals surface area contributed by atoms with Gasteiger partial charge in [-0.25, -0.2) is 0 Å². The van der Waals surface area contributed by atoms with Gasteiger partial charge < -0.3 is 18.9 Å². The summed E-state index contributed by atoms with van der Waals surface area (Å²) in [5, 5.41) is 0. The number of esters is 2. The molecule has 7 heteroatoms. The fourth-order valence-electron chi connectivity index (χ4n) is 4.51. The van der Waals surface area contributed by atoms with E-state index < -0.39 is 5.60 Å². The molecular weight excluding hydrogens is 412 g/mol. The Hall–Kier alpha value is -1.73. The van der Waals surface area contributed by atoms with E-state index in [4.69, 9.17) is 18.9 Å². The van der Waals surface area contributed by atoms with E-state index >= 15 is 0 Å². The van der Waals surface area contributed by atoms with Crippen LogP contribution in [0.5, 0.6) is 0 Å². The van der Waals surface area contributed by atoms with Crippen LogP contribution in [0.15, 0.2) is 11.6 Å². The van der Waals surface area contributed by atoms with Gasteiger partial charge in [0.25, 0.3) is 0 Å². The van der Waals surface area contributed by atoms with Crippen molar-refractivity contribution >= 4 is 17.7 Å². The van der Waals surface area contributed by atoms with Crippen LogP contribution in [0.2, 0.25) is 0 Å². The maximum Gasteiger partial charge on any atom is 0.303 e. The molecule has 2 aliphatic rings. The number of rotatable bonds is 10. The van der Waals surface area contributed by atoms with E-state index in [0.717, 1.165) is 18.4 Å². The molecule has 6 atom stereocenters. The van der Waals surface area contributed by atoms with Gasteiger partial charge in [0, 0.05) is 25.7 Å². The van der Waals surface area contributed by atoms with Gasteiger partial charge in [0.1, 0.15) is 29.7 Å². The molecule has 0 bridgehead atoms. The van der Waals surface area contributed by atoms with E-state index in [2.05, 4.69) is 0 Å². The molecule has 32 heavy (non-hydrogen) atoms. The lowest BCUT2D eigenvalue weighted by Gasteiger charge is -2.35. The minimum Gasteiger partial charge on any atom is -0.462 e. The molecule has 182 valence electrons. The summed E-state index contributed by atoms with van der Waals surface area (Å²) in [5.74, 6) is -0.624. The van der Waals surface area contributed by atoms with Crippen molar-refractivity contribution in [1.29, 1.82) is 0 Å². The van der Waals surface area contributed by atoms with Crippen LogP contribution in [0.4, 0.5) is 0 Å². The maximum absolute atomic E-state index is 12.9. The average Bonchev–Trinajstić information content (AvgIpc) is 3.36. The van der Waals surface area contributed by atoms with E-state index in [0.29, 0.717) is 25.9 Å². The van der Waals surface area contributed by atoms with Crippen molar-refractivity contribution in [2.45, 2.75) is 104 Å². The molecule has 0 saturated carbocycles. The van der Waals surface area contributed by atoms with Crippen molar-refractivity contribution in [1.82, 2.24) is 0 Å². The molecule has 0 aromatic carbocycles. The van der Waals surface area contributed by atoms with Crippen LogP contribution in [-0.2, 0) is 33.3 Å². The molecule has 0 spiro atoms. The van der Waals surface area contributed by atoms with Crippen LogP contribution < -0.4 is 0 Å². The molecule has 0 amide bonds. The summed E-state index contributed by atoms with van der Waals surface area (Å²) in [5.41, 5.74) is 0.0463. The lowest BCUT2D eigenvalue weighted by molar-refractivity contribution is -0.167. The smallest absolute Gasteiger partial charge is 0.303 e. The van der Waals surface area contributed by atoms with Gasteiger partial charge in [0.15, 0.2) is 0 Å². The number of hydrogen-bond donors (Lipinski definition) is 0. The molecular formula is C25H40O7. The lowest BCUT2D eigenvalue weighted by atomic mass is 9.81. The first-order chi connectivity index (χ1) is 14.9. The SMILES string of the molecule is CC(=O)OC/C=C1\CC[C@@H](OC(C)=O)[C@](C)(CCCC(C)C(=O)C(C)C2(C)OC2C)OC1. The van der Waals surface area contributed by atoms with Gasteiger partial charge >= 0.3 is 11.9 Å². The van der Waals surface area contributed by atoms with Crippen molar-refractivity contribution in [3.05, 3.63) is 11.6 Å². The molecule has 2 fully saturated rings. The highest BCUT2D eigenvalue weighted by atomic mass is 16.6. The van der Waals surface area contributed by atoms with Gasteiger partial charge in [-0.15, -0.1) is 0 Å². The molecule has 4 unspecified atom stereocenters. The number of epoxide rings is 1. The van der Waals surface area contributed by atoms with E-state index in [9.17, 15) is 14.4 Å². The number of ether oxygens (including phenoxy) is 4. The number of Topliss-reactive ketones (excluding diaryl/α,β-unsaturated/α-hetero) is 1. The van der Waals surface area contributed by atoms with Crippen LogP contribution in [0.3, 0.4) is 0 Å². The number of hydrogen-bond acceptors (Lipinski definition) is 7. The van der Waals surface area contributed by atoms with E-state index in [1.807, 2.05) is 40.7 Å². The van der Waals surface area contributed by atoms with Crippen LogP contribution in [0.25, 0.3) is 0 Å². The van der Waals surface area contributed by atoms with Gasteiger partial charge in [0.05, 0.1) is 12.7 Å². The third kappa shape index (κ3) is 6.88. The molecule has 7 nitrogen and oxygen atoms in total. The summed E-state index contributed by atoms with van der Waals surface area (Å²) in [4.78, 5) is 35.6. The topological polar surface area (TPSA) is 91.4 Å². The van der Waals surface area contributed by atoms with Crippen LogP contribution in [0.1, 0.15) is 80.6 Å². The predicted octanol–water partition coefficient (Wildman–Crippen LogP) is 4.17. The van der Waals surface area contributed by atoms with Crippen molar-refractivity contribution < 1.29 is 33.3 Å². The molecule has 0 aromatic rings. The van der Waals surface area contributed by atoms with E-state index in [1.54, 1.807) is 0 Å². The largest absolute Gasteiger partial charge is 0.462 e. The zero-order chi connectivity index (χ0) is 24.1. The molecule has 0 aromatic heterocycles. The monoisotopic (exact) mass is 452 g/mol. The normalized spacial score (nSPS) is 33.2. The predicted molar refractivity (Wildman–Crippen MR) is 120 cm³/mol. The van der Waals surface area contributed by atoms with Crippen LogP contribution >= 0.6 is 0 Å². The second-order valence-corrected chi connectivity index (χ2v) is 9.76. The summed E-state index contributed by atoms with van der Waals surface area (Å²) in [7, 11) is 0. The Balaban J connectivity index is 1.95. The van der Waals surface area contributed by atoms with Crippen LogP contribution in [-0.4, -0.2) is 54.3 Å². The second-order valence-electron chi connectivity index (χ2n) is 9.76. The molecule has 0 N–H and O–H groups in total. The molecule has 0 aliphatic carbocycles. The Bertz CT molecular complexity index is 730. The summed E-state index contributed by atoms with van der Waals surface area (Å²) < 4.78 is 22.5. The Morgan fingerprint density at radius 2 is 1.84 bits per heavy atom. The highest BCUT2D eigenvalue weighted by Gasteiger charge is 2.55. The standard InChI is InChI=1S/C25H40O7/c1-16(23(28)17(2)25(7)18(3)32-25)9-8-13-24(6)22(31-20(5)27)11-10-21(15-30-24)12-14-29-19(4)26/h12,16-18,22H,8-11,13-15H2,1-7H3/b21-12+/t16?,17?,18?,22-,24+,25?/m1/s1. The summed E-state index contributed by atoms with van der Waals surface area (Å²) in [6.07, 6.45) is 5.17. The first kappa shape index (κ1) is 26.5. The third-order valence-electron chi connectivity index (χ3n) is 7.23. The molecule has 2 aliphatic heterocycles. The number of ketones is 1. The fourth-order valence-corrected chi connectivity index (χ4v) is 4.51. The maximum atomic E-state index is 12.9. The first-order valence-corrected chi connectivity index (χ1v) is 11.7. The Morgan fingerprint density at radius 1 is 1.19 bits per heavy atom. The summed E-state index contributed by atoms with van der Waals surface area (Å²) >= 11 is 0. The van der Waals surface area contributed by atoms with Gasteiger partial charge in [-0.2, -0.15) is 0 Å². The van der Waals surface area contributed by atoms with Crippen molar-refractivity contribution in [3.8, 4) is 0 Å².